The van der Waals surface area contributed by atoms with E-state index >= 15 is 0 Å². The average molecular weight is 431 g/mol. The fourth-order valence-corrected chi connectivity index (χ4v) is 3.25. The smallest absolute Gasteiger partial charge is 0.291 e. The second-order valence-corrected chi connectivity index (χ2v) is 7.56. The monoisotopic (exact) mass is 431 g/mol. The molecule has 2 aromatic carbocycles. The highest BCUT2D eigenvalue weighted by Crippen LogP contribution is 2.21. The number of amides is 1. The number of hydrogen-bond acceptors (Lipinski definition) is 5. The molecule has 164 valence electrons. The minimum absolute atomic E-state index is 0.213. The molecule has 0 saturated carbocycles. The molecule has 7 heteroatoms. The number of aromatic nitrogens is 2. The maximum Gasteiger partial charge on any atom is 0.291 e. The van der Waals surface area contributed by atoms with Crippen molar-refractivity contribution in [3.8, 4) is 11.5 Å². The number of carbonyl (C=O) groups is 1. The number of nitrogens with one attached hydrogen (secondary N) is 1. The van der Waals surface area contributed by atoms with E-state index in [1.807, 2.05) is 56.3 Å². The highest BCUT2D eigenvalue weighted by molar-refractivity contribution is 6.02. The number of furan rings is 1. The molecular weight excluding hydrogens is 406 g/mol. The third kappa shape index (κ3) is 5.18. The van der Waals surface area contributed by atoms with Gasteiger partial charge >= 0.3 is 0 Å². The van der Waals surface area contributed by atoms with Crippen LogP contribution in [0.3, 0.4) is 0 Å². The van der Waals surface area contributed by atoms with Gasteiger partial charge in [0.25, 0.3) is 5.91 Å². The summed E-state index contributed by atoms with van der Waals surface area (Å²) >= 11 is 0. The van der Waals surface area contributed by atoms with Gasteiger partial charge in [-0.15, -0.1) is 0 Å². The van der Waals surface area contributed by atoms with Gasteiger partial charge in [-0.3, -0.25) is 9.48 Å². The van der Waals surface area contributed by atoms with Gasteiger partial charge in [0, 0.05) is 6.20 Å². The van der Waals surface area contributed by atoms with Crippen LogP contribution >= 0.6 is 0 Å². The van der Waals surface area contributed by atoms with Crippen molar-refractivity contribution in [1.29, 1.82) is 0 Å². The number of rotatable bonds is 8. The molecule has 0 spiro atoms. The first-order chi connectivity index (χ1) is 15.5. The summed E-state index contributed by atoms with van der Waals surface area (Å²) in [5.41, 5.74) is 3.80. The quantitative estimate of drug-likeness (QED) is 0.426. The molecule has 0 radical (unpaired) electrons. The average Bonchev–Trinajstić information content (AvgIpc) is 3.44. The van der Waals surface area contributed by atoms with Crippen molar-refractivity contribution >= 4 is 11.6 Å². The number of methoxy groups -OCH3 is 1. The van der Waals surface area contributed by atoms with Gasteiger partial charge < -0.3 is 19.2 Å². The molecule has 0 unspecified atom stereocenters. The van der Waals surface area contributed by atoms with E-state index in [4.69, 9.17) is 13.9 Å². The molecule has 1 N–H and O–H groups in total. The van der Waals surface area contributed by atoms with E-state index in [-0.39, 0.29) is 18.3 Å². The molecule has 0 aliphatic carbocycles. The molecule has 4 aromatic rings. The van der Waals surface area contributed by atoms with Crippen LogP contribution in [0.2, 0.25) is 0 Å². The number of anilines is 1. The summed E-state index contributed by atoms with van der Waals surface area (Å²) < 4.78 is 18.5. The lowest BCUT2D eigenvalue weighted by Gasteiger charge is -2.08. The zero-order chi connectivity index (χ0) is 22.5. The van der Waals surface area contributed by atoms with Crippen LogP contribution in [0.5, 0.6) is 11.5 Å². The van der Waals surface area contributed by atoms with Crippen LogP contribution in [0.25, 0.3) is 0 Å². The Labute approximate surface area is 186 Å². The van der Waals surface area contributed by atoms with Crippen LogP contribution < -0.4 is 14.8 Å². The molecule has 2 aromatic heterocycles. The molecule has 7 nitrogen and oxygen atoms in total. The first kappa shape index (κ1) is 21.2. The summed E-state index contributed by atoms with van der Waals surface area (Å²) in [6.07, 6.45) is 3.37. The fraction of sp³-hybridized carbons (Fsp3) is 0.200. The van der Waals surface area contributed by atoms with E-state index in [1.165, 1.54) is 0 Å². The molecule has 0 aliphatic heterocycles. The van der Waals surface area contributed by atoms with Crippen molar-refractivity contribution in [3.05, 3.63) is 95.2 Å². The number of carbonyl (C=O) groups excluding carboxylic acids is 1. The Balaban J connectivity index is 1.34. The van der Waals surface area contributed by atoms with Crippen LogP contribution in [0.4, 0.5) is 5.69 Å². The number of hydrogen-bond donors (Lipinski definition) is 1. The first-order valence-electron chi connectivity index (χ1n) is 10.3. The van der Waals surface area contributed by atoms with Gasteiger partial charge in [-0.2, -0.15) is 5.10 Å². The van der Waals surface area contributed by atoms with E-state index in [0.717, 1.165) is 28.2 Å². The van der Waals surface area contributed by atoms with E-state index < -0.39 is 0 Å². The number of ether oxygens (including phenoxy) is 2. The largest absolute Gasteiger partial charge is 0.497 e. The number of benzene rings is 2. The van der Waals surface area contributed by atoms with Gasteiger partial charge in [0.2, 0.25) is 0 Å². The minimum atomic E-state index is -0.344. The Hall–Kier alpha value is -4.00. The molecule has 0 bridgehead atoms. The third-order valence-corrected chi connectivity index (χ3v) is 4.97. The van der Waals surface area contributed by atoms with Crippen molar-refractivity contribution < 1.29 is 18.7 Å². The van der Waals surface area contributed by atoms with E-state index in [0.29, 0.717) is 18.0 Å². The van der Waals surface area contributed by atoms with Crippen molar-refractivity contribution in [1.82, 2.24) is 9.78 Å². The topological polar surface area (TPSA) is 78.5 Å². The lowest BCUT2D eigenvalue weighted by atomic mass is 10.1. The summed E-state index contributed by atoms with van der Waals surface area (Å²) in [5, 5.41) is 7.12. The molecule has 32 heavy (non-hydrogen) atoms. The zero-order valence-corrected chi connectivity index (χ0v) is 18.3. The predicted octanol–water partition coefficient (Wildman–Crippen LogP) is 4.98. The lowest BCUT2D eigenvalue weighted by molar-refractivity contribution is 0.0992. The van der Waals surface area contributed by atoms with Crippen LogP contribution in [-0.2, 0) is 13.2 Å². The van der Waals surface area contributed by atoms with Crippen molar-refractivity contribution in [3.63, 3.8) is 0 Å². The standard InChI is InChI=1S/C25H25N3O4/c1-17-7-8-18(2)24(11-17)31-16-22-9-10-23(32-22)25(29)27-20-13-26-28(15-20)14-19-5-4-6-21(12-19)30-3/h4-13,15H,14,16H2,1-3H3,(H,27,29). The van der Waals surface area contributed by atoms with Crippen molar-refractivity contribution in [2.75, 3.05) is 12.4 Å². The molecule has 0 fully saturated rings. The van der Waals surface area contributed by atoms with Crippen LogP contribution in [0.1, 0.15) is 33.0 Å². The highest BCUT2D eigenvalue weighted by atomic mass is 16.5. The predicted molar refractivity (Wildman–Crippen MR) is 121 cm³/mol. The van der Waals surface area contributed by atoms with Gasteiger partial charge in [-0.1, -0.05) is 24.3 Å². The van der Waals surface area contributed by atoms with Crippen LogP contribution in [0.15, 0.2) is 71.4 Å². The summed E-state index contributed by atoms with van der Waals surface area (Å²) in [5.74, 6) is 2.04. The molecule has 2 heterocycles. The number of nitrogens with zero attached hydrogens (tertiary/aromatic N) is 2. The fourth-order valence-electron chi connectivity index (χ4n) is 3.25. The number of aryl methyl sites for hydroxylation is 2. The second kappa shape index (κ2) is 9.43. The summed E-state index contributed by atoms with van der Waals surface area (Å²) in [6, 6.07) is 17.2. The van der Waals surface area contributed by atoms with E-state index in [9.17, 15) is 4.79 Å². The van der Waals surface area contributed by atoms with Gasteiger partial charge in [0.1, 0.15) is 23.9 Å². The Morgan fingerprint density at radius 3 is 2.84 bits per heavy atom. The normalized spacial score (nSPS) is 10.7. The first-order valence-corrected chi connectivity index (χ1v) is 10.3. The minimum Gasteiger partial charge on any atom is -0.497 e. The maximum atomic E-state index is 12.6. The third-order valence-electron chi connectivity index (χ3n) is 4.97. The van der Waals surface area contributed by atoms with Gasteiger partial charge in [-0.05, 0) is 60.9 Å². The molecule has 0 aliphatic rings. The van der Waals surface area contributed by atoms with Crippen LogP contribution in [0, 0.1) is 13.8 Å². The van der Waals surface area contributed by atoms with Gasteiger partial charge in [-0.25, -0.2) is 0 Å². The maximum absolute atomic E-state index is 12.6. The molecule has 1 amide bonds. The SMILES string of the molecule is COc1cccc(Cn2cc(NC(=O)c3ccc(COc4cc(C)ccc4C)o3)cn2)c1. The molecule has 0 atom stereocenters. The van der Waals surface area contributed by atoms with Gasteiger partial charge in [0.15, 0.2) is 5.76 Å². The molecular formula is C25H25N3O4. The summed E-state index contributed by atoms with van der Waals surface area (Å²) in [4.78, 5) is 12.6. The van der Waals surface area contributed by atoms with Crippen LogP contribution in [-0.4, -0.2) is 22.8 Å². The Kier molecular flexibility index (Phi) is 6.26. The van der Waals surface area contributed by atoms with Crippen molar-refractivity contribution in [2.24, 2.45) is 0 Å². The van der Waals surface area contributed by atoms with Gasteiger partial charge in [0.05, 0.1) is 25.5 Å². The summed E-state index contributed by atoms with van der Waals surface area (Å²) in [7, 11) is 1.64. The molecule has 4 rings (SSSR count). The van der Waals surface area contributed by atoms with E-state index in [2.05, 4.69) is 10.4 Å². The Bertz CT molecular complexity index is 1230. The zero-order valence-electron chi connectivity index (χ0n) is 18.3. The Morgan fingerprint density at radius 1 is 1.12 bits per heavy atom. The van der Waals surface area contributed by atoms with E-state index in [1.54, 1.807) is 36.3 Å². The second-order valence-electron chi connectivity index (χ2n) is 7.56. The summed E-state index contributed by atoms with van der Waals surface area (Å²) in [6.45, 7) is 4.81. The molecule has 0 saturated heterocycles. The van der Waals surface area contributed by atoms with Crippen molar-refractivity contribution in [2.45, 2.75) is 27.0 Å². The highest BCUT2D eigenvalue weighted by Gasteiger charge is 2.13. The Morgan fingerprint density at radius 2 is 2.00 bits per heavy atom. The lowest BCUT2D eigenvalue weighted by Crippen LogP contribution is -2.10.